The Kier molecular flexibility index (Phi) is 6.92. The van der Waals surface area contributed by atoms with Crippen molar-refractivity contribution < 1.29 is 8.39 Å². The molecule has 0 bridgehead atoms. The Balaban J connectivity index is 1.41. The highest BCUT2D eigenvalue weighted by Crippen LogP contribution is 2.45. The Morgan fingerprint density at radius 3 is 1.48 bits per heavy atom. The zero-order valence-electron chi connectivity index (χ0n) is 24.2. The minimum absolute atomic E-state index is 0.822. The molecule has 0 fully saturated rings. The number of benzene rings is 7. The summed E-state index contributed by atoms with van der Waals surface area (Å²) in [5, 5.41) is 10.7. The molecule has 0 radical (unpaired) electrons. The zero-order valence-corrected chi connectivity index (χ0v) is 26.0. The molecule has 0 atom stereocenters. The third kappa shape index (κ3) is 4.66. The summed E-state index contributed by atoms with van der Waals surface area (Å²) in [4.78, 5) is 0. The average molecular weight is 606 g/mol. The fourth-order valence-electron chi connectivity index (χ4n) is 6.08. The lowest BCUT2D eigenvalue weighted by atomic mass is 9.99. The standard InChI is InChI=1S/C39H29NO2P2/c1-40(34-22-12-13-23-37(34)43(30-16-4-2-5-17-30)31-18-6-3-7-19-31)44-41-35-26-24-28-14-8-10-20-32(28)38(35)39-33-21-11-9-15-29(33)25-27-36(39)42-44/h2-27H,1H3. The van der Waals surface area contributed by atoms with E-state index >= 15 is 0 Å². The van der Waals surface area contributed by atoms with Crippen molar-refractivity contribution in [3.05, 3.63) is 158 Å². The molecular weight excluding hydrogens is 576 g/mol. The number of anilines is 1. The molecule has 1 heterocycles. The predicted molar refractivity (Wildman–Crippen MR) is 190 cm³/mol. The topological polar surface area (TPSA) is 29.5 Å². The van der Waals surface area contributed by atoms with Gasteiger partial charge in [0.2, 0.25) is 0 Å². The molecule has 0 amide bonds. The third-order valence-electron chi connectivity index (χ3n) is 8.13. The average Bonchev–Trinajstić information content (AvgIpc) is 3.27. The number of nitrogens with zero attached hydrogens (tertiary/aromatic N) is 1. The van der Waals surface area contributed by atoms with Crippen LogP contribution in [0.3, 0.4) is 0 Å². The summed E-state index contributed by atoms with van der Waals surface area (Å²) in [5.74, 6) is 0. The second kappa shape index (κ2) is 11.4. The summed E-state index contributed by atoms with van der Waals surface area (Å²) in [6.45, 7) is 0. The van der Waals surface area contributed by atoms with Crippen LogP contribution in [0.1, 0.15) is 0 Å². The van der Waals surface area contributed by atoms with E-state index in [2.05, 4.69) is 169 Å². The predicted octanol–water partition coefficient (Wildman–Crippen LogP) is 10.3. The highest BCUT2D eigenvalue weighted by Gasteiger charge is 2.23. The van der Waals surface area contributed by atoms with Crippen LogP contribution >= 0.6 is 16.1 Å². The molecule has 0 unspecified atom stereocenters. The van der Waals surface area contributed by atoms with Crippen molar-refractivity contribution in [1.82, 2.24) is 0 Å². The van der Waals surface area contributed by atoms with Crippen LogP contribution in [0.5, 0.6) is 0 Å². The van der Waals surface area contributed by atoms with Gasteiger partial charge in [-0.05, 0) is 58.3 Å². The monoisotopic (exact) mass is 605 g/mol. The van der Waals surface area contributed by atoms with E-state index in [1.54, 1.807) is 0 Å². The maximum absolute atomic E-state index is 6.93. The van der Waals surface area contributed by atoms with Crippen LogP contribution in [0, 0.1) is 0 Å². The molecule has 7 aromatic carbocycles. The normalized spacial score (nSPS) is 11.5. The van der Waals surface area contributed by atoms with E-state index in [-0.39, 0.29) is 0 Å². The molecule has 3 nitrogen and oxygen atoms in total. The highest BCUT2D eigenvalue weighted by atomic mass is 31.1. The van der Waals surface area contributed by atoms with Crippen LogP contribution in [-0.4, -0.2) is 7.05 Å². The van der Waals surface area contributed by atoms with Crippen LogP contribution in [0.15, 0.2) is 166 Å². The van der Waals surface area contributed by atoms with Crippen LogP contribution in [0.4, 0.5) is 5.69 Å². The molecule has 0 saturated carbocycles. The molecule has 8 aromatic rings. The molecule has 0 aliphatic carbocycles. The lowest BCUT2D eigenvalue weighted by molar-refractivity contribution is 0.638. The van der Waals surface area contributed by atoms with E-state index in [1.807, 2.05) is 0 Å². The molecule has 44 heavy (non-hydrogen) atoms. The second-order valence-electron chi connectivity index (χ2n) is 10.8. The first-order valence-corrected chi connectivity index (χ1v) is 17.2. The Labute approximate surface area is 258 Å². The van der Waals surface area contributed by atoms with Crippen molar-refractivity contribution >= 4 is 81.2 Å². The molecule has 0 N–H and O–H groups in total. The third-order valence-corrected chi connectivity index (χ3v) is 12.0. The zero-order chi connectivity index (χ0) is 29.5. The van der Waals surface area contributed by atoms with E-state index in [4.69, 9.17) is 8.39 Å². The molecule has 0 aliphatic rings. The Morgan fingerprint density at radius 1 is 0.477 bits per heavy atom. The molecule has 8 rings (SSSR count). The summed E-state index contributed by atoms with van der Waals surface area (Å²) >= 11 is 0. The van der Waals surface area contributed by atoms with Crippen molar-refractivity contribution in [2.24, 2.45) is 0 Å². The van der Waals surface area contributed by atoms with Crippen LogP contribution in [0.2, 0.25) is 0 Å². The van der Waals surface area contributed by atoms with Gasteiger partial charge in [0.25, 0.3) is 0 Å². The van der Waals surface area contributed by atoms with Gasteiger partial charge in [0.1, 0.15) is 11.2 Å². The van der Waals surface area contributed by atoms with Crippen LogP contribution in [-0.2, 0) is 0 Å². The van der Waals surface area contributed by atoms with Crippen molar-refractivity contribution in [2.75, 3.05) is 11.7 Å². The maximum atomic E-state index is 6.93. The molecule has 0 spiro atoms. The van der Waals surface area contributed by atoms with Crippen LogP contribution in [0.25, 0.3) is 43.5 Å². The maximum Gasteiger partial charge on any atom is 0.341 e. The first-order valence-electron chi connectivity index (χ1n) is 14.7. The minimum atomic E-state index is -1.55. The van der Waals surface area contributed by atoms with Crippen molar-refractivity contribution in [1.29, 1.82) is 0 Å². The Bertz CT molecular complexity index is 2180. The summed E-state index contributed by atoms with van der Waals surface area (Å²) in [6, 6.07) is 55.9. The fourth-order valence-corrected chi connectivity index (χ4v) is 9.91. The lowest BCUT2D eigenvalue weighted by Crippen LogP contribution is -2.24. The lowest BCUT2D eigenvalue weighted by Gasteiger charge is -2.25. The summed E-state index contributed by atoms with van der Waals surface area (Å²) < 4.78 is 16.1. The summed E-state index contributed by atoms with van der Waals surface area (Å²) in [7, 11) is -0.278. The number of para-hydroxylation sites is 1. The van der Waals surface area contributed by atoms with Gasteiger partial charge in [-0.15, -0.1) is 0 Å². The number of fused-ring (bicyclic) bond motifs is 7. The molecule has 212 valence electrons. The largest absolute Gasteiger partial charge is 0.404 e. The van der Waals surface area contributed by atoms with Gasteiger partial charge in [0, 0.05) is 23.1 Å². The van der Waals surface area contributed by atoms with Gasteiger partial charge in [-0.1, -0.05) is 140 Å². The first-order chi connectivity index (χ1) is 21.8. The quantitative estimate of drug-likeness (QED) is 0.183. The minimum Gasteiger partial charge on any atom is -0.404 e. The van der Waals surface area contributed by atoms with E-state index < -0.39 is 16.1 Å². The van der Waals surface area contributed by atoms with E-state index in [9.17, 15) is 0 Å². The molecule has 0 aliphatic heterocycles. The molecule has 5 heteroatoms. The fraction of sp³-hybridized carbons (Fsp3) is 0.0256. The molecule has 0 saturated heterocycles. The van der Waals surface area contributed by atoms with E-state index in [1.165, 1.54) is 26.7 Å². The Morgan fingerprint density at radius 2 is 0.932 bits per heavy atom. The Hall–Kier alpha value is -4.81. The van der Waals surface area contributed by atoms with E-state index in [0.29, 0.717) is 0 Å². The summed E-state index contributed by atoms with van der Waals surface area (Å²) in [5.41, 5.74) is 2.77. The molecular formula is C39H29NO2P2. The smallest absolute Gasteiger partial charge is 0.341 e. The van der Waals surface area contributed by atoms with Gasteiger partial charge in [0.15, 0.2) is 0 Å². The van der Waals surface area contributed by atoms with Crippen LogP contribution < -0.4 is 20.6 Å². The van der Waals surface area contributed by atoms with E-state index in [0.717, 1.165) is 38.4 Å². The van der Waals surface area contributed by atoms with Gasteiger partial charge in [-0.2, -0.15) is 0 Å². The van der Waals surface area contributed by atoms with Crippen molar-refractivity contribution in [3.8, 4) is 0 Å². The second-order valence-corrected chi connectivity index (χ2v) is 14.4. The van der Waals surface area contributed by atoms with Gasteiger partial charge in [-0.3, -0.25) is 4.67 Å². The highest BCUT2D eigenvalue weighted by molar-refractivity contribution is 7.80. The first kappa shape index (κ1) is 26.8. The SMILES string of the molecule is CN(c1ccccc1P(c1ccccc1)c1ccccc1)p1oc2ccc3ccccc3c2c2c(ccc3ccccc32)o1. The number of rotatable bonds is 5. The van der Waals surface area contributed by atoms with Gasteiger partial charge in [-0.25, -0.2) is 0 Å². The van der Waals surface area contributed by atoms with Gasteiger partial charge in [0.05, 0.1) is 5.69 Å². The van der Waals surface area contributed by atoms with Crippen molar-refractivity contribution in [2.45, 2.75) is 0 Å². The van der Waals surface area contributed by atoms with Gasteiger partial charge >= 0.3 is 8.16 Å². The van der Waals surface area contributed by atoms with Gasteiger partial charge < -0.3 is 8.39 Å². The van der Waals surface area contributed by atoms with Crippen molar-refractivity contribution in [3.63, 3.8) is 0 Å². The number of hydrogen-bond acceptors (Lipinski definition) is 3. The number of hydrogen-bond donors (Lipinski definition) is 0. The summed E-state index contributed by atoms with van der Waals surface area (Å²) in [6.07, 6.45) is 0. The molecule has 1 aromatic heterocycles.